The average Bonchev–Trinajstić information content (AvgIpc) is 3.04. The molecular weight excluding hydrogens is 584 g/mol. The molecule has 6 N–H and O–H groups in total. The molecular formula is C36H52N4O6. The number of ketones is 2. The highest BCUT2D eigenvalue weighted by atomic mass is 16.5. The number of aromatic nitrogens is 1. The Morgan fingerprint density at radius 2 is 1.70 bits per heavy atom. The van der Waals surface area contributed by atoms with Crippen molar-refractivity contribution in [1.29, 1.82) is 0 Å². The van der Waals surface area contributed by atoms with Crippen LogP contribution in [0.1, 0.15) is 118 Å². The van der Waals surface area contributed by atoms with Gasteiger partial charge >= 0.3 is 5.97 Å². The van der Waals surface area contributed by atoms with Gasteiger partial charge in [-0.05, 0) is 48.8 Å². The smallest absolute Gasteiger partial charge is 0.308 e. The number of carbonyl (C=O) groups excluding carboxylic acids is 4. The number of amides is 1. The first kappa shape index (κ1) is 37.0. The minimum absolute atomic E-state index is 0.00828. The van der Waals surface area contributed by atoms with Gasteiger partial charge in [-0.2, -0.15) is 0 Å². The number of nitrogens with one attached hydrogen (secondary N) is 1. The van der Waals surface area contributed by atoms with Crippen molar-refractivity contribution in [2.24, 2.45) is 35.1 Å². The molecule has 1 heterocycles. The van der Waals surface area contributed by atoms with E-state index in [0.29, 0.717) is 18.0 Å². The van der Waals surface area contributed by atoms with Crippen LogP contribution in [0.5, 0.6) is 5.75 Å². The highest BCUT2D eigenvalue weighted by molar-refractivity contribution is 6.17. The second kappa shape index (κ2) is 17.4. The van der Waals surface area contributed by atoms with Crippen LogP contribution in [0.4, 0.5) is 0 Å². The van der Waals surface area contributed by atoms with Crippen molar-refractivity contribution in [3.63, 3.8) is 0 Å². The molecule has 1 unspecified atom stereocenters. The van der Waals surface area contributed by atoms with Crippen LogP contribution in [-0.2, 0) is 16.1 Å². The molecule has 10 heteroatoms. The maximum absolute atomic E-state index is 14.2. The van der Waals surface area contributed by atoms with E-state index >= 15 is 0 Å². The lowest BCUT2D eigenvalue weighted by Crippen LogP contribution is -2.44. The fourth-order valence-electron chi connectivity index (χ4n) is 6.11. The minimum Gasteiger partial charge on any atom is -0.426 e. The van der Waals surface area contributed by atoms with Crippen molar-refractivity contribution in [3.05, 3.63) is 58.9 Å². The number of nitrogens with zero attached hydrogens (tertiary/aromatic N) is 1. The van der Waals surface area contributed by atoms with Gasteiger partial charge in [-0.15, -0.1) is 0 Å². The van der Waals surface area contributed by atoms with Crippen molar-refractivity contribution in [1.82, 2.24) is 10.3 Å². The predicted molar refractivity (Wildman–Crippen MR) is 177 cm³/mol. The SMILES string of the molecule is CC[C@H](C)[C@H](N)C(=O)NCc1cc(C(=O)c2ccccc2OC(C)=O)c(C(=O)C(C[C@H](O)[C@@H](N)CC2CCCCC2)C(C)C)cn1. The Balaban J connectivity index is 1.95. The normalized spacial score (nSPS) is 17.1. The van der Waals surface area contributed by atoms with Crippen LogP contribution in [0.25, 0.3) is 0 Å². The molecule has 0 aliphatic heterocycles. The molecule has 1 aliphatic rings. The Morgan fingerprint density at radius 1 is 1.02 bits per heavy atom. The third-order valence-electron chi connectivity index (χ3n) is 9.32. The number of hydrogen-bond acceptors (Lipinski definition) is 9. The lowest BCUT2D eigenvalue weighted by Gasteiger charge is -2.30. The monoisotopic (exact) mass is 636 g/mol. The van der Waals surface area contributed by atoms with E-state index in [4.69, 9.17) is 16.2 Å². The number of esters is 1. The summed E-state index contributed by atoms with van der Waals surface area (Å²) in [5.74, 6) is -2.10. The minimum atomic E-state index is -0.890. The van der Waals surface area contributed by atoms with Crippen LogP contribution in [0.2, 0.25) is 0 Å². The van der Waals surface area contributed by atoms with E-state index in [0.717, 1.165) is 19.3 Å². The van der Waals surface area contributed by atoms with Crippen molar-refractivity contribution in [2.45, 2.75) is 111 Å². The van der Waals surface area contributed by atoms with Gasteiger partial charge in [-0.3, -0.25) is 24.2 Å². The first-order chi connectivity index (χ1) is 21.8. The fourth-order valence-corrected chi connectivity index (χ4v) is 6.11. The zero-order chi connectivity index (χ0) is 34.0. The molecule has 1 fully saturated rings. The van der Waals surface area contributed by atoms with E-state index in [2.05, 4.69) is 10.3 Å². The predicted octanol–water partition coefficient (Wildman–Crippen LogP) is 4.73. The molecule has 46 heavy (non-hydrogen) atoms. The van der Waals surface area contributed by atoms with Gasteiger partial charge in [-0.1, -0.05) is 78.4 Å². The molecule has 1 saturated carbocycles. The van der Waals surface area contributed by atoms with Gasteiger partial charge in [0.2, 0.25) is 5.91 Å². The Kier molecular flexibility index (Phi) is 14.0. The first-order valence-electron chi connectivity index (χ1n) is 16.7. The van der Waals surface area contributed by atoms with E-state index < -0.39 is 35.9 Å². The van der Waals surface area contributed by atoms with Crippen molar-refractivity contribution >= 4 is 23.4 Å². The summed E-state index contributed by atoms with van der Waals surface area (Å²) in [7, 11) is 0. The van der Waals surface area contributed by atoms with Gasteiger partial charge in [0, 0.05) is 36.2 Å². The number of benzene rings is 1. The van der Waals surface area contributed by atoms with Gasteiger partial charge < -0.3 is 26.6 Å². The molecule has 1 aliphatic carbocycles. The third-order valence-corrected chi connectivity index (χ3v) is 9.32. The third kappa shape index (κ3) is 10.0. The van der Waals surface area contributed by atoms with Crippen molar-refractivity contribution in [2.75, 3.05) is 0 Å². The first-order valence-corrected chi connectivity index (χ1v) is 16.7. The second-order valence-electron chi connectivity index (χ2n) is 13.2. The van der Waals surface area contributed by atoms with Gasteiger partial charge in [0.05, 0.1) is 29.9 Å². The lowest BCUT2D eigenvalue weighted by molar-refractivity contribution is -0.132. The zero-order valence-corrected chi connectivity index (χ0v) is 28.0. The Morgan fingerprint density at radius 3 is 2.33 bits per heavy atom. The van der Waals surface area contributed by atoms with Gasteiger partial charge in [0.25, 0.3) is 0 Å². The Hall–Kier alpha value is -3.47. The van der Waals surface area contributed by atoms with Crippen molar-refractivity contribution in [3.8, 4) is 5.75 Å². The molecule has 0 saturated heterocycles. The molecule has 10 nitrogen and oxygen atoms in total. The summed E-state index contributed by atoms with van der Waals surface area (Å²) < 4.78 is 5.31. The second-order valence-corrected chi connectivity index (χ2v) is 13.2. The summed E-state index contributed by atoms with van der Waals surface area (Å²) in [5.41, 5.74) is 13.1. The number of aliphatic hydroxyl groups excluding tert-OH is 1. The number of Topliss-reactive ketones (excluding diaryl/α,β-unsaturated/α-hetero) is 1. The Labute approximate surface area is 273 Å². The number of rotatable bonds is 16. The number of nitrogens with two attached hydrogens (primary N) is 2. The zero-order valence-electron chi connectivity index (χ0n) is 28.0. The fraction of sp³-hybridized carbons (Fsp3) is 0.583. The van der Waals surface area contributed by atoms with Crippen LogP contribution < -0.4 is 21.5 Å². The number of hydrogen-bond donors (Lipinski definition) is 4. The Bertz CT molecular complexity index is 1360. The molecule has 2 aromatic rings. The molecule has 3 rings (SSSR count). The maximum Gasteiger partial charge on any atom is 0.308 e. The molecule has 1 amide bonds. The maximum atomic E-state index is 14.2. The highest BCUT2D eigenvalue weighted by Gasteiger charge is 2.33. The number of ether oxygens (including phenoxy) is 1. The van der Waals surface area contributed by atoms with Crippen molar-refractivity contribution < 1.29 is 29.0 Å². The molecule has 1 aromatic heterocycles. The molecule has 0 spiro atoms. The quantitative estimate of drug-likeness (QED) is 0.115. The summed E-state index contributed by atoms with van der Waals surface area (Å²) in [5, 5.41) is 13.9. The van der Waals surface area contributed by atoms with Crippen LogP contribution in [0.15, 0.2) is 36.5 Å². The highest BCUT2D eigenvalue weighted by Crippen LogP contribution is 2.31. The summed E-state index contributed by atoms with van der Waals surface area (Å²) >= 11 is 0. The van der Waals surface area contributed by atoms with E-state index in [1.165, 1.54) is 50.6 Å². The molecule has 252 valence electrons. The standard InChI is InChI=1S/C36H52N4O6/c1-6-22(4)33(38)36(45)40-19-25-17-28(34(43)26-14-10-11-15-32(26)46-23(5)41)29(20-39-25)35(44)27(21(2)3)18-31(42)30(37)16-24-12-8-7-9-13-24/h10-11,14-15,17,20-22,24,27,30-31,33,42H,6-9,12-13,16,18-19,37-38H2,1-5H3,(H,40,45)/t22-,27?,30-,31-,33-/m0/s1. The molecule has 0 radical (unpaired) electrons. The van der Waals surface area contributed by atoms with Crippen LogP contribution in [0.3, 0.4) is 0 Å². The average molecular weight is 637 g/mol. The van der Waals surface area contributed by atoms with Gasteiger partial charge in [0.1, 0.15) is 5.75 Å². The summed E-state index contributed by atoms with van der Waals surface area (Å²) in [6, 6.07) is 6.64. The number of aliphatic hydroxyl groups is 1. The summed E-state index contributed by atoms with van der Waals surface area (Å²) in [6.45, 7) is 8.88. The van der Waals surface area contributed by atoms with E-state index in [9.17, 15) is 24.3 Å². The van der Waals surface area contributed by atoms with Crippen LogP contribution >= 0.6 is 0 Å². The summed E-state index contributed by atoms with van der Waals surface area (Å²) in [6.07, 6.45) is 7.85. The van der Waals surface area contributed by atoms with Gasteiger partial charge in [-0.25, -0.2) is 0 Å². The molecule has 1 aromatic carbocycles. The lowest BCUT2D eigenvalue weighted by atomic mass is 9.79. The number of pyridine rings is 1. The van der Waals surface area contributed by atoms with Gasteiger partial charge in [0.15, 0.2) is 11.6 Å². The summed E-state index contributed by atoms with van der Waals surface area (Å²) in [4.78, 5) is 57.2. The molecule has 0 bridgehead atoms. The topological polar surface area (TPSA) is 175 Å². The van der Waals surface area contributed by atoms with E-state index in [1.807, 2.05) is 27.7 Å². The number of para-hydroxylation sites is 1. The van der Waals surface area contributed by atoms with E-state index in [1.54, 1.807) is 12.1 Å². The van der Waals surface area contributed by atoms with Crippen LogP contribution in [-0.4, -0.2) is 51.7 Å². The molecule has 5 atom stereocenters. The van der Waals surface area contributed by atoms with Crippen LogP contribution in [0, 0.1) is 23.7 Å². The van der Waals surface area contributed by atoms with E-state index in [-0.39, 0.29) is 58.9 Å². The number of carbonyl (C=O) groups is 4. The largest absolute Gasteiger partial charge is 0.426 e.